The van der Waals surface area contributed by atoms with Crippen LogP contribution in [0.5, 0.6) is 0 Å². The molecular formula is C28H28ClF3N10O3. The van der Waals surface area contributed by atoms with E-state index in [0.717, 1.165) is 12.1 Å². The van der Waals surface area contributed by atoms with E-state index >= 15 is 0 Å². The monoisotopic (exact) mass is 644 g/mol. The summed E-state index contributed by atoms with van der Waals surface area (Å²) in [4.78, 5) is 28.1. The largest absolute Gasteiger partial charge is 1.00 e. The molecule has 0 aliphatic carbocycles. The average molecular weight is 645 g/mol. The predicted octanol–water partition coefficient (Wildman–Crippen LogP) is -0.0138. The van der Waals surface area contributed by atoms with Gasteiger partial charge in [0.25, 0.3) is 0 Å². The van der Waals surface area contributed by atoms with E-state index in [9.17, 15) is 28.0 Å². The molecule has 3 heterocycles. The van der Waals surface area contributed by atoms with E-state index in [4.69, 9.17) is 4.74 Å². The number of alkyl halides is 3. The number of anilines is 2. The second-order valence-electron chi connectivity index (χ2n) is 10.9. The number of hydrogen-bond acceptors (Lipinski definition) is 9. The summed E-state index contributed by atoms with van der Waals surface area (Å²) in [5, 5.41) is 30.1. The van der Waals surface area contributed by atoms with Crippen LogP contribution < -0.4 is 23.0 Å². The fraction of sp³-hybridized carbons (Fsp3) is 0.321. The van der Waals surface area contributed by atoms with Crippen molar-refractivity contribution in [2.75, 3.05) is 32.6 Å². The maximum absolute atomic E-state index is 13.6. The third kappa shape index (κ3) is 6.44. The summed E-state index contributed by atoms with van der Waals surface area (Å²) in [5.41, 5.74) is 0.249. The maximum Gasteiger partial charge on any atom is 0.416 e. The Bertz CT molecular complexity index is 1840. The first-order chi connectivity index (χ1) is 20.8. The third-order valence-corrected chi connectivity index (χ3v) is 7.50. The van der Waals surface area contributed by atoms with Gasteiger partial charge in [0.1, 0.15) is 12.6 Å². The Kier molecular flexibility index (Phi) is 9.17. The van der Waals surface area contributed by atoms with E-state index in [2.05, 4.69) is 36.9 Å². The molecule has 17 heteroatoms. The van der Waals surface area contributed by atoms with Gasteiger partial charge in [-0.05, 0) is 58.8 Å². The van der Waals surface area contributed by atoms with Crippen LogP contribution in [-0.4, -0.2) is 73.6 Å². The van der Waals surface area contributed by atoms with Crippen LogP contribution >= 0.6 is 0 Å². The van der Waals surface area contributed by atoms with Crippen molar-refractivity contribution < 1.29 is 39.6 Å². The minimum atomic E-state index is -4.63. The van der Waals surface area contributed by atoms with Gasteiger partial charge in [-0.1, -0.05) is 12.1 Å². The lowest BCUT2D eigenvalue weighted by Crippen LogP contribution is -3.00. The van der Waals surface area contributed by atoms with Crippen LogP contribution in [0, 0.1) is 11.3 Å². The molecule has 2 aromatic heterocycles. The molecule has 1 atom stereocenters. The number of likely N-dealkylation sites (N-methyl/N-ethyl adjacent to an activating group) is 1. The lowest BCUT2D eigenvalue weighted by Gasteiger charge is -2.36. The second kappa shape index (κ2) is 12.5. The summed E-state index contributed by atoms with van der Waals surface area (Å²) in [5.74, 6) is -0.217. The highest BCUT2D eigenvalue weighted by Gasteiger charge is 2.41. The molecule has 1 aliphatic rings. The number of allylic oxidation sites excluding steroid dienone is 1. The Morgan fingerprint density at radius 2 is 1.93 bits per heavy atom. The number of quaternary nitrogens is 1. The number of carbonyl (C=O) groups is 1. The van der Waals surface area contributed by atoms with Gasteiger partial charge in [-0.25, -0.2) is 24.4 Å². The van der Waals surface area contributed by atoms with Crippen LogP contribution in [0.4, 0.5) is 24.8 Å². The van der Waals surface area contributed by atoms with E-state index in [0.29, 0.717) is 46.5 Å². The summed E-state index contributed by atoms with van der Waals surface area (Å²) in [7, 11) is 5.14. The predicted molar refractivity (Wildman–Crippen MR) is 149 cm³/mol. The van der Waals surface area contributed by atoms with Crippen molar-refractivity contribution in [3.05, 3.63) is 92.3 Å². The SMILES string of the molecule is COC(=O)C1=C(C)N(c2cccc(C(F)(F)F)c2)c2n[nH]c(=O)n2[C@@H]1c1ccc(C#N)cc1CC[N+](C)(C)Cc1nnn[nH]1.[Cl-]. The van der Waals surface area contributed by atoms with Crippen molar-refractivity contribution in [3.63, 3.8) is 0 Å². The zero-order valence-corrected chi connectivity index (χ0v) is 25.3. The molecule has 0 radical (unpaired) electrons. The molecule has 0 fully saturated rings. The van der Waals surface area contributed by atoms with Gasteiger partial charge in [0.15, 0.2) is 0 Å². The number of halogens is 4. The maximum atomic E-state index is 13.6. The van der Waals surface area contributed by atoms with E-state index < -0.39 is 29.4 Å². The number of carbonyl (C=O) groups excluding carboxylic acids is 1. The van der Waals surface area contributed by atoms with Crippen molar-refractivity contribution in [3.8, 4) is 6.07 Å². The Morgan fingerprint density at radius 3 is 2.58 bits per heavy atom. The number of tetrazole rings is 1. The average Bonchev–Trinajstić information content (AvgIpc) is 3.63. The highest BCUT2D eigenvalue weighted by atomic mass is 35.5. The van der Waals surface area contributed by atoms with E-state index in [1.807, 2.05) is 14.1 Å². The van der Waals surface area contributed by atoms with Crippen molar-refractivity contribution in [2.24, 2.45) is 0 Å². The molecule has 236 valence electrons. The number of fused-ring (bicyclic) bond motifs is 1. The standard InChI is InChI=1S/C28H27F3N10O3.ClH/c1-16-23(25(42)44-4)24(40-26(35-36-27(40)43)39(16)20-7-5-6-19(13-20)28(29,30)31)21-9-8-17(14-32)12-18(21)10-11-41(2,3)15-22-33-37-38-34-22;/h5-9,12-13,24H,10-11,15H2,1-4H3,(H-,33,34,36,37,38,43);1H/t24-;/m1./s1. The molecule has 5 rings (SSSR count). The molecule has 0 amide bonds. The summed E-state index contributed by atoms with van der Waals surface area (Å²) in [6.45, 7) is 2.58. The number of nitrogens with zero attached hydrogens (tertiary/aromatic N) is 8. The van der Waals surface area contributed by atoms with Gasteiger partial charge >= 0.3 is 17.8 Å². The van der Waals surface area contributed by atoms with Crippen LogP contribution in [0.3, 0.4) is 0 Å². The first-order valence-electron chi connectivity index (χ1n) is 13.4. The number of methoxy groups -OCH3 is 1. The third-order valence-electron chi connectivity index (χ3n) is 7.50. The number of hydrogen-bond donors (Lipinski definition) is 2. The van der Waals surface area contributed by atoms with Crippen molar-refractivity contribution >= 4 is 17.6 Å². The molecule has 0 saturated carbocycles. The van der Waals surface area contributed by atoms with Crippen LogP contribution in [-0.2, 0) is 28.7 Å². The number of esters is 1. The Labute approximate surface area is 260 Å². The van der Waals surface area contributed by atoms with Crippen LogP contribution in [0.15, 0.2) is 58.5 Å². The Morgan fingerprint density at radius 1 is 1.18 bits per heavy atom. The number of aromatic amines is 2. The topological polar surface area (TPSA) is 158 Å². The number of nitrogens with one attached hydrogen (secondary N) is 2. The fourth-order valence-electron chi connectivity index (χ4n) is 5.39. The fourth-order valence-corrected chi connectivity index (χ4v) is 5.39. The number of ether oxygens (including phenoxy) is 1. The molecular weight excluding hydrogens is 617 g/mol. The lowest BCUT2D eigenvalue weighted by molar-refractivity contribution is -0.904. The van der Waals surface area contributed by atoms with E-state index in [1.165, 1.54) is 28.7 Å². The highest BCUT2D eigenvalue weighted by molar-refractivity contribution is 5.93. The molecule has 2 N–H and O–H groups in total. The Hall–Kier alpha value is -5.01. The number of aromatic nitrogens is 7. The molecule has 13 nitrogen and oxygen atoms in total. The summed E-state index contributed by atoms with van der Waals surface area (Å²) < 4.78 is 47.7. The molecule has 45 heavy (non-hydrogen) atoms. The summed E-state index contributed by atoms with van der Waals surface area (Å²) >= 11 is 0. The molecule has 0 spiro atoms. The number of H-pyrrole nitrogens is 2. The number of nitriles is 1. The number of rotatable bonds is 8. The summed E-state index contributed by atoms with van der Waals surface area (Å²) in [6, 6.07) is 10.5. The van der Waals surface area contributed by atoms with E-state index in [1.54, 1.807) is 25.1 Å². The van der Waals surface area contributed by atoms with Crippen LogP contribution in [0.2, 0.25) is 0 Å². The molecule has 0 bridgehead atoms. The van der Waals surface area contributed by atoms with Crippen LogP contribution in [0.1, 0.15) is 41.0 Å². The normalized spacial score (nSPS) is 14.9. The van der Waals surface area contributed by atoms with Gasteiger partial charge in [0.2, 0.25) is 11.8 Å². The Balaban J connectivity index is 0.00000461. The summed E-state index contributed by atoms with van der Waals surface area (Å²) in [6.07, 6.45) is -4.21. The number of benzene rings is 2. The van der Waals surface area contributed by atoms with E-state index in [-0.39, 0.29) is 35.3 Å². The smallest absolute Gasteiger partial charge is 0.416 e. The van der Waals surface area contributed by atoms with Gasteiger partial charge < -0.3 is 21.6 Å². The first-order valence-corrected chi connectivity index (χ1v) is 13.4. The van der Waals surface area contributed by atoms with Gasteiger partial charge in [0.05, 0.1) is 50.5 Å². The van der Waals surface area contributed by atoms with Gasteiger partial charge in [-0.2, -0.15) is 18.4 Å². The van der Waals surface area contributed by atoms with Crippen molar-refractivity contribution in [1.82, 2.24) is 35.4 Å². The lowest BCUT2D eigenvalue weighted by atomic mass is 9.89. The molecule has 2 aromatic carbocycles. The van der Waals surface area contributed by atoms with Crippen molar-refractivity contribution in [2.45, 2.75) is 32.1 Å². The second-order valence-corrected chi connectivity index (χ2v) is 10.9. The van der Waals surface area contributed by atoms with Gasteiger partial charge in [0, 0.05) is 17.8 Å². The van der Waals surface area contributed by atoms with Crippen LogP contribution in [0.25, 0.3) is 0 Å². The quantitative estimate of drug-likeness (QED) is 0.199. The highest BCUT2D eigenvalue weighted by Crippen LogP contribution is 2.43. The minimum Gasteiger partial charge on any atom is -1.00 e. The van der Waals surface area contributed by atoms with Gasteiger partial charge in [-0.15, -0.1) is 10.2 Å². The van der Waals surface area contributed by atoms with Gasteiger partial charge in [-0.3, -0.25) is 4.90 Å². The molecule has 4 aromatic rings. The zero-order valence-electron chi connectivity index (χ0n) is 24.6. The molecule has 0 unspecified atom stereocenters. The molecule has 1 aliphatic heterocycles. The minimum absolute atomic E-state index is 0. The first kappa shape index (κ1) is 32.9. The van der Waals surface area contributed by atoms with Crippen molar-refractivity contribution in [1.29, 1.82) is 5.26 Å². The molecule has 0 saturated heterocycles. The zero-order chi connectivity index (χ0) is 31.8.